The largest absolute Gasteiger partial charge is 0.453 e. The second kappa shape index (κ2) is 4.72. The number of nitrogens with one attached hydrogen (secondary N) is 1. The van der Waals surface area contributed by atoms with Crippen molar-refractivity contribution in [1.82, 2.24) is 10.3 Å². The Hall–Kier alpha value is -0.650. The molecule has 0 amide bonds. The van der Waals surface area contributed by atoms with Crippen LogP contribution in [0.1, 0.15) is 10.6 Å². The van der Waals surface area contributed by atoms with Gasteiger partial charge in [-0.05, 0) is 28.1 Å². The fraction of sp³-hybridized carbons (Fsp3) is 0.222. The predicted octanol–water partition coefficient (Wildman–Crippen LogP) is 2.79. The summed E-state index contributed by atoms with van der Waals surface area (Å²) in [5.74, 6) is 0.932. The van der Waals surface area contributed by atoms with Crippen LogP contribution in [0.25, 0.3) is 0 Å². The normalized spacial score (nSPS) is 10.6. The van der Waals surface area contributed by atoms with E-state index in [-0.39, 0.29) is 0 Å². The molecule has 0 saturated carbocycles. The molecular formula is C9H9BrN2OS. The highest BCUT2D eigenvalue weighted by Crippen LogP contribution is 2.13. The van der Waals surface area contributed by atoms with E-state index in [4.69, 9.17) is 4.42 Å². The standard InChI is InChI=1S/C9H9BrN2OS/c10-9-2-1-7(13-9)3-11-4-8-5-12-6-14-8/h1-2,5-6,11H,3-4H2. The van der Waals surface area contributed by atoms with Crippen LogP contribution < -0.4 is 5.32 Å². The lowest BCUT2D eigenvalue weighted by Crippen LogP contribution is -2.10. The second-order valence-electron chi connectivity index (χ2n) is 2.78. The Morgan fingerprint density at radius 3 is 3.00 bits per heavy atom. The molecule has 2 heterocycles. The third-order valence-corrected chi connectivity index (χ3v) is 2.92. The summed E-state index contributed by atoms with van der Waals surface area (Å²) < 4.78 is 6.12. The number of hydrogen-bond acceptors (Lipinski definition) is 4. The SMILES string of the molecule is Brc1ccc(CNCc2cncs2)o1. The summed E-state index contributed by atoms with van der Waals surface area (Å²) in [7, 11) is 0. The average molecular weight is 273 g/mol. The maximum absolute atomic E-state index is 5.34. The van der Waals surface area contributed by atoms with Crippen molar-refractivity contribution >= 4 is 27.3 Å². The number of furan rings is 1. The summed E-state index contributed by atoms with van der Waals surface area (Å²) >= 11 is 4.91. The molecule has 0 atom stereocenters. The minimum Gasteiger partial charge on any atom is -0.453 e. The third-order valence-electron chi connectivity index (χ3n) is 1.71. The van der Waals surface area contributed by atoms with Crippen LogP contribution in [-0.4, -0.2) is 4.98 Å². The van der Waals surface area contributed by atoms with Crippen molar-refractivity contribution in [3.05, 3.63) is 39.1 Å². The molecule has 0 aromatic carbocycles. The lowest BCUT2D eigenvalue weighted by Gasteiger charge is -1.98. The van der Waals surface area contributed by atoms with Crippen LogP contribution in [0.2, 0.25) is 0 Å². The van der Waals surface area contributed by atoms with Crippen LogP contribution in [0.3, 0.4) is 0 Å². The molecular weight excluding hydrogens is 264 g/mol. The Balaban J connectivity index is 1.78. The quantitative estimate of drug-likeness (QED) is 0.930. The van der Waals surface area contributed by atoms with Gasteiger partial charge in [0.15, 0.2) is 4.67 Å². The maximum Gasteiger partial charge on any atom is 0.169 e. The lowest BCUT2D eigenvalue weighted by molar-refractivity contribution is 0.466. The van der Waals surface area contributed by atoms with E-state index in [1.807, 2.05) is 23.8 Å². The van der Waals surface area contributed by atoms with Gasteiger partial charge in [-0.3, -0.25) is 4.98 Å². The zero-order chi connectivity index (χ0) is 9.80. The molecule has 0 radical (unpaired) electrons. The van der Waals surface area contributed by atoms with Gasteiger partial charge in [0, 0.05) is 17.6 Å². The van der Waals surface area contributed by atoms with Gasteiger partial charge in [0.2, 0.25) is 0 Å². The zero-order valence-electron chi connectivity index (χ0n) is 7.37. The lowest BCUT2D eigenvalue weighted by atomic mass is 10.4. The molecule has 0 aliphatic heterocycles. The van der Waals surface area contributed by atoms with Gasteiger partial charge < -0.3 is 9.73 Å². The van der Waals surface area contributed by atoms with Crippen LogP contribution in [0.4, 0.5) is 0 Å². The molecule has 2 rings (SSSR count). The van der Waals surface area contributed by atoms with E-state index in [0.717, 1.165) is 23.5 Å². The summed E-state index contributed by atoms with van der Waals surface area (Å²) in [4.78, 5) is 5.23. The number of hydrogen-bond donors (Lipinski definition) is 1. The Labute approximate surface area is 94.3 Å². The van der Waals surface area contributed by atoms with E-state index < -0.39 is 0 Å². The van der Waals surface area contributed by atoms with Crippen LogP contribution in [-0.2, 0) is 13.1 Å². The molecule has 74 valence electrons. The first-order chi connectivity index (χ1) is 6.84. The first kappa shape index (κ1) is 9.89. The summed E-state index contributed by atoms with van der Waals surface area (Å²) in [5.41, 5.74) is 1.83. The van der Waals surface area contributed by atoms with Crippen molar-refractivity contribution in [1.29, 1.82) is 0 Å². The van der Waals surface area contributed by atoms with E-state index in [0.29, 0.717) is 0 Å². The number of rotatable bonds is 4. The molecule has 0 unspecified atom stereocenters. The van der Waals surface area contributed by atoms with Gasteiger partial charge in [0.25, 0.3) is 0 Å². The minimum atomic E-state index is 0.740. The topological polar surface area (TPSA) is 38.1 Å². The summed E-state index contributed by atoms with van der Waals surface area (Å²) in [5, 5.41) is 3.27. The van der Waals surface area contributed by atoms with Crippen molar-refractivity contribution in [2.45, 2.75) is 13.1 Å². The Kier molecular flexibility index (Phi) is 3.34. The summed E-state index contributed by atoms with van der Waals surface area (Å²) in [6.07, 6.45) is 1.87. The first-order valence-electron chi connectivity index (χ1n) is 4.17. The summed E-state index contributed by atoms with van der Waals surface area (Å²) in [6, 6.07) is 3.84. The van der Waals surface area contributed by atoms with Crippen molar-refractivity contribution in [2.75, 3.05) is 0 Å². The van der Waals surface area contributed by atoms with E-state index in [2.05, 4.69) is 26.2 Å². The van der Waals surface area contributed by atoms with Gasteiger partial charge in [-0.1, -0.05) is 0 Å². The molecule has 14 heavy (non-hydrogen) atoms. The van der Waals surface area contributed by atoms with Crippen molar-refractivity contribution in [2.24, 2.45) is 0 Å². The monoisotopic (exact) mass is 272 g/mol. The van der Waals surface area contributed by atoms with Crippen LogP contribution in [0, 0.1) is 0 Å². The average Bonchev–Trinajstić information content (AvgIpc) is 2.77. The smallest absolute Gasteiger partial charge is 0.169 e. The summed E-state index contributed by atoms with van der Waals surface area (Å²) in [6.45, 7) is 1.58. The fourth-order valence-electron chi connectivity index (χ4n) is 1.09. The van der Waals surface area contributed by atoms with Crippen molar-refractivity contribution in [3.63, 3.8) is 0 Å². The van der Waals surface area contributed by atoms with Gasteiger partial charge >= 0.3 is 0 Å². The third kappa shape index (κ3) is 2.67. The highest BCUT2D eigenvalue weighted by molar-refractivity contribution is 9.10. The molecule has 1 N–H and O–H groups in total. The number of halogens is 1. The van der Waals surface area contributed by atoms with Crippen molar-refractivity contribution < 1.29 is 4.42 Å². The number of aromatic nitrogens is 1. The maximum atomic E-state index is 5.34. The van der Waals surface area contributed by atoms with E-state index in [1.165, 1.54) is 4.88 Å². The van der Waals surface area contributed by atoms with Crippen LogP contribution >= 0.6 is 27.3 Å². The molecule has 0 fully saturated rings. The predicted molar refractivity (Wildman–Crippen MR) is 59.1 cm³/mol. The molecule has 5 heteroatoms. The Morgan fingerprint density at radius 2 is 2.36 bits per heavy atom. The molecule has 0 aliphatic rings. The fourth-order valence-corrected chi connectivity index (χ4v) is 1.99. The van der Waals surface area contributed by atoms with E-state index in [1.54, 1.807) is 11.3 Å². The molecule has 0 saturated heterocycles. The van der Waals surface area contributed by atoms with E-state index >= 15 is 0 Å². The number of nitrogens with zero attached hydrogens (tertiary/aromatic N) is 1. The first-order valence-corrected chi connectivity index (χ1v) is 5.84. The second-order valence-corrected chi connectivity index (χ2v) is 4.53. The molecule has 0 aliphatic carbocycles. The molecule has 0 bridgehead atoms. The van der Waals surface area contributed by atoms with Crippen LogP contribution in [0.15, 0.2) is 32.9 Å². The molecule has 3 nitrogen and oxygen atoms in total. The highest BCUT2D eigenvalue weighted by atomic mass is 79.9. The van der Waals surface area contributed by atoms with E-state index in [9.17, 15) is 0 Å². The molecule has 2 aromatic heterocycles. The minimum absolute atomic E-state index is 0.740. The zero-order valence-corrected chi connectivity index (χ0v) is 9.77. The molecule has 0 spiro atoms. The molecule has 2 aromatic rings. The van der Waals surface area contributed by atoms with Gasteiger partial charge in [-0.25, -0.2) is 0 Å². The van der Waals surface area contributed by atoms with Crippen LogP contribution in [0.5, 0.6) is 0 Å². The van der Waals surface area contributed by atoms with Gasteiger partial charge in [-0.2, -0.15) is 0 Å². The van der Waals surface area contributed by atoms with Gasteiger partial charge in [-0.15, -0.1) is 11.3 Å². The Morgan fingerprint density at radius 1 is 1.43 bits per heavy atom. The van der Waals surface area contributed by atoms with Gasteiger partial charge in [0.05, 0.1) is 12.1 Å². The highest BCUT2D eigenvalue weighted by Gasteiger charge is 1.99. The van der Waals surface area contributed by atoms with Crippen molar-refractivity contribution in [3.8, 4) is 0 Å². The Bertz CT molecular complexity index is 385. The number of thiazole rings is 1. The van der Waals surface area contributed by atoms with Gasteiger partial charge in [0.1, 0.15) is 5.76 Å².